The smallest absolute Gasteiger partial charge is 0.274 e. The number of nitrogens with zero attached hydrogens (tertiary/aromatic N) is 17. The van der Waals surface area contributed by atoms with Crippen LogP contribution in [0.5, 0.6) is 11.8 Å². The summed E-state index contributed by atoms with van der Waals surface area (Å²) in [5, 5.41) is 0. The number of morpholine rings is 4. The minimum absolute atomic E-state index is 0.197. The van der Waals surface area contributed by atoms with Gasteiger partial charge < -0.3 is 53.0 Å². The summed E-state index contributed by atoms with van der Waals surface area (Å²) in [4.78, 5) is 82.8. The Bertz CT molecular complexity index is 5130. The van der Waals surface area contributed by atoms with Crippen LogP contribution >= 0.6 is 15.9 Å². The third kappa shape index (κ3) is 15.6. The van der Waals surface area contributed by atoms with Gasteiger partial charge in [0.2, 0.25) is 11.8 Å². The quantitative estimate of drug-likeness (QED) is 0.112. The topological polar surface area (TPSA) is 267 Å². The Kier molecular flexibility index (Phi) is 21.6. The van der Waals surface area contributed by atoms with Crippen LogP contribution in [0.15, 0.2) is 213 Å². The van der Waals surface area contributed by atoms with E-state index in [1.807, 2.05) is 67.3 Å². The van der Waals surface area contributed by atoms with Crippen molar-refractivity contribution in [3.8, 4) is 45.5 Å². The van der Waals surface area contributed by atoms with Crippen LogP contribution < -0.4 is 34.6 Å². The SMILES string of the molecule is Brc1ccc2c(c1)C(c1ccnc(N3CCOCC3)c1)=NC2.COc1nccnc1-c1ccc2c(c1)C(c1ccnc(N3CCOCC3)c1)=NC2.COc1nccnc1-c1ccc2c(c1)C(c1ccnc(N3CCOCC3)c1)=NC2.O=c1[nH]ccnc1-c1ccc2c(c1)C(c1ccnc(N3CCOCC3)c1)=NC2. The van der Waals surface area contributed by atoms with Crippen molar-refractivity contribution in [2.24, 2.45) is 20.0 Å². The fourth-order valence-corrected chi connectivity index (χ4v) is 14.5. The highest BCUT2D eigenvalue weighted by Gasteiger charge is 2.27. The van der Waals surface area contributed by atoms with E-state index in [-0.39, 0.29) is 5.56 Å². The average Bonchev–Trinajstić information content (AvgIpc) is 1.61. The molecule has 0 bridgehead atoms. The number of anilines is 4. The molecular weight excluding hydrogens is 1430 g/mol. The van der Waals surface area contributed by atoms with Gasteiger partial charge in [-0.25, -0.2) is 44.9 Å². The zero-order chi connectivity index (χ0) is 73.1. The molecule has 7 aromatic heterocycles. The number of aliphatic imine (C=N–C) groups is 4. The van der Waals surface area contributed by atoms with E-state index >= 15 is 0 Å². The molecule has 0 radical (unpaired) electrons. The number of halogens is 1. The molecule has 25 nitrogen and oxygen atoms in total. The highest BCUT2D eigenvalue weighted by atomic mass is 79.9. The standard InChI is InChI=1S/2C22H21N5O2.C21H19N5O2.C17H16BrN3O/c2*1-28-22-21(24-6-7-25-22)15-2-3-17-14-26-20(18(17)12-15)16-4-5-23-19(13-16)27-8-10-29-11-9-27;27-21-20(23-5-6-24-21)14-1-2-16-13-25-19(17(16)11-14)15-3-4-22-18(12-15)26-7-9-28-10-8-26;18-14-2-1-13-11-20-17(15(13)10-14)12-3-4-19-16(9-12)21-5-7-22-8-6-21/h2*2-7,12-13H,8-11,14H2,1H3;1-6,11-12H,7-10,13H2,(H,24,27);1-4,9-10H,5-8,11H2. The van der Waals surface area contributed by atoms with Gasteiger partial charge in [-0.2, -0.15) is 0 Å². The molecule has 4 aromatic carbocycles. The van der Waals surface area contributed by atoms with E-state index in [1.165, 1.54) is 28.5 Å². The van der Waals surface area contributed by atoms with Gasteiger partial charge >= 0.3 is 0 Å². The predicted molar refractivity (Wildman–Crippen MR) is 419 cm³/mol. The maximum absolute atomic E-state index is 12.1. The van der Waals surface area contributed by atoms with Crippen LogP contribution in [0.3, 0.4) is 0 Å². The molecule has 108 heavy (non-hydrogen) atoms. The maximum atomic E-state index is 12.1. The molecule has 8 aliphatic rings. The number of fused-ring (bicyclic) bond motifs is 4. The van der Waals surface area contributed by atoms with E-state index in [4.69, 9.17) is 48.4 Å². The lowest BCUT2D eigenvalue weighted by Gasteiger charge is -2.28. The minimum atomic E-state index is -0.197. The van der Waals surface area contributed by atoms with Gasteiger partial charge in [0.25, 0.3) is 5.56 Å². The first-order valence-electron chi connectivity index (χ1n) is 36.0. The van der Waals surface area contributed by atoms with Crippen molar-refractivity contribution >= 4 is 62.0 Å². The van der Waals surface area contributed by atoms with Crippen LogP contribution in [0.1, 0.15) is 66.8 Å². The van der Waals surface area contributed by atoms with Gasteiger partial charge in [-0.3, -0.25) is 24.8 Å². The number of nitrogens with one attached hydrogen (secondary N) is 1. The van der Waals surface area contributed by atoms with Crippen LogP contribution in [0.4, 0.5) is 23.3 Å². The number of H-pyrrole nitrogens is 1. The number of aromatic nitrogens is 10. The number of rotatable bonds is 13. The zero-order valence-electron chi connectivity index (χ0n) is 59.8. The molecule has 0 unspecified atom stereocenters. The number of aromatic amines is 1. The fourth-order valence-electron chi connectivity index (χ4n) is 14.2. The monoisotopic (exact) mass is 1500 g/mol. The third-order valence-electron chi connectivity index (χ3n) is 19.7. The fraction of sp³-hybridized carbons (Fsp3) is 0.268. The zero-order valence-corrected chi connectivity index (χ0v) is 61.4. The van der Waals surface area contributed by atoms with Gasteiger partial charge in [-0.15, -0.1) is 0 Å². The summed E-state index contributed by atoms with van der Waals surface area (Å²) in [7, 11) is 3.22. The van der Waals surface area contributed by atoms with Crippen molar-refractivity contribution in [1.29, 1.82) is 0 Å². The van der Waals surface area contributed by atoms with Crippen LogP contribution in [0.25, 0.3) is 33.8 Å². The summed E-state index contributed by atoms with van der Waals surface area (Å²) < 4.78 is 33.6. The summed E-state index contributed by atoms with van der Waals surface area (Å²) in [5.41, 5.74) is 22.0. The summed E-state index contributed by atoms with van der Waals surface area (Å²) in [6.07, 6.45) is 17.2. The van der Waals surface area contributed by atoms with E-state index in [0.29, 0.717) is 37.1 Å². The number of ether oxygens (including phenoxy) is 6. The van der Waals surface area contributed by atoms with Gasteiger partial charge in [0, 0.05) is 180 Å². The molecule has 1 N–H and O–H groups in total. The van der Waals surface area contributed by atoms with E-state index < -0.39 is 0 Å². The van der Waals surface area contributed by atoms with E-state index in [0.717, 1.165) is 235 Å². The maximum Gasteiger partial charge on any atom is 0.274 e. The van der Waals surface area contributed by atoms with Crippen molar-refractivity contribution < 1.29 is 28.4 Å². The number of hydrogen-bond acceptors (Lipinski definition) is 24. The van der Waals surface area contributed by atoms with Gasteiger partial charge in [0.05, 0.1) is 116 Å². The molecule has 0 amide bonds. The molecule has 26 heteroatoms. The molecule has 4 saturated heterocycles. The Morgan fingerprint density at radius 1 is 0.333 bits per heavy atom. The minimum Gasteiger partial charge on any atom is -0.479 e. The summed E-state index contributed by atoms with van der Waals surface area (Å²) >= 11 is 3.55. The van der Waals surface area contributed by atoms with Gasteiger partial charge in [0.15, 0.2) is 0 Å². The molecule has 0 aliphatic carbocycles. The molecule has 0 atom stereocenters. The normalized spacial score (nSPS) is 16.1. The van der Waals surface area contributed by atoms with Crippen LogP contribution in [0, 0.1) is 0 Å². The highest BCUT2D eigenvalue weighted by molar-refractivity contribution is 9.10. The summed E-state index contributed by atoms with van der Waals surface area (Å²) in [6, 6.07) is 41.4. The van der Waals surface area contributed by atoms with Crippen molar-refractivity contribution in [2.75, 3.05) is 139 Å². The molecule has 19 rings (SSSR count). The van der Waals surface area contributed by atoms with Crippen molar-refractivity contribution in [2.45, 2.75) is 26.2 Å². The number of hydrogen-bond donors (Lipinski definition) is 1. The predicted octanol–water partition coefficient (Wildman–Crippen LogP) is 10.5. The lowest BCUT2D eigenvalue weighted by Crippen LogP contribution is -2.36. The number of benzene rings is 4. The van der Waals surface area contributed by atoms with E-state index in [1.54, 1.807) is 45.2 Å². The molecule has 4 fully saturated rings. The molecule has 15 heterocycles. The first-order valence-corrected chi connectivity index (χ1v) is 36.8. The van der Waals surface area contributed by atoms with Crippen molar-refractivity contribution in [3.63, 3.8) is 0 Å². The van der Waals surface area contributed by atoms with Crippen molar-refractivity contribution in [1.82, 2.24) is 49.8 Å². The summed E-state index contributed by atoms with van der Waals surface area (Å²) in [6.45, 7) is 15.6. The van der Waals surface area contributed by atoms with Crippen LogP contribution in [-0.4, -0.2) is 192 Å². The average molecular weight is 1510 g/mol. The number of pyridine rings is 4. The molecule has 0 saturated carbocycles. The second-order valence-corrected chi connectivity index (χ2v) is 27.1. The number of methoxy groups -OCH3 is 2. The second-order valence-electron chi connectivity index (χ2n) is 26.2. The molecule has 8 aliphatic heterocycles. The molecule has 11 aromatic rings. The molecular formula is C82H77BrN18O7. The Labute approximate surface area is 632 Å². The van der Waals surface area contributed by atoms with E-state index in [9.17, 15) is 4.79 Å². The second kappa shape index (κ2) is 33.0. The first kappa shape index (κ1) is 70.6. The van der Waals surface area contributed by atoms with Gasteiger partial charge in [-0.1, -0.05) is 58.4 Å². The lowest BCUT2D eigenvalue weighted by atomic mass is 9.97. The molecule has 544 valence electrons. The van der Waals surface area contributed by atoms with Gasteiger partial charge in [-0.05, 0) is 101 Å². The Morgan fingerprint density at radius 2 is 0.639 bits per heavy atom. The highest BCUT2D eigenvalue weighted by Crippen LogP contribution is 2.36. The van der Waals surface area contributed by atoms with Crippen molar-refractivity contribution in [3.05, 3.63) is 265 Å². The molecule has 0 spiro atoms. The Hall–Kier alpha value is -11.7. The Morgan fingerprint density at radius 3 is 0.972 bits per heavy atom. The third-order valence-corrected chi connectivity index (χ3v) is 20.2. The van der Waals surface area contributed by atoms with E-state index in [2.05, 4.69) is 164 Å². The Balaban J connectivity index is 0.000000110. The van der Waals surface area contributed by atoms with Crippen LogP contribution in [0.2, 0.25) is 0 Å². The largest absolute Gasteiger partial charge is 0.479 e. The first-order chi connectivity index (χ1) is 53.3. The summed E-state index contributed by atoms with van der Waals surface area (Å²) in [5.74, 6) is 4.91. The van der Waals surface area contributed by atoms with Gasteiger partial charge in [0.1, 0.15) is 40.4 Å². The lowest BCUT2D eigenvalue weighted by molar-refractivity contribution is 0.122. The van der Waals surface area contributed by atoms with Crippen LogP contribution in [-0.2, 0) is 45.1 Å².